The lowest BCUT2D eigenvalue weighted by atomic mass is 9.95. The number of nitrogens with zero attached hydrogens (tertiary/aromatic N) is 3. The molecule has 2 aromatic rings. The summed E-state index contributed by atoms with van der Waals surface area (Å²) in [6, 6.07) is 5.69. The molecule has 1 aromatic heterocycles. The number of hydrogen-bond acceptors (Lipinski definition) is 3. The Morgan fingerprint density at radius 3 is 2.75 bits per heavy atom. The molecule has 5 nitrogen and oxygen atoms in total. The molecule has 1 amide bonds. The van der Waals surface area contributed by atoms with Crippen LogP contribution in [0.1, 0.15) is 36.4 Å². The van der Waals surface area contributed by atoms with Crippen LogP contribution in [0.3, 0.4) is 0 Å². The molecular formula is C18H23FN4O. The molecule has 1 aromatic carbocycles. The van der Waals surface area contributed by atoms with Gasteiger partial charge in [0, 0.05) is 12.2 Å². The largest absolute Gasteiger partial charge is 0.368 e. The standard InChI is InChI=1S/C18H23FN4O/c1-13-10-21-22(11-13)12-16-4-2-3-9-23(16)17(18(20)24)14-5-7-15(19)8-6-14/h5-8,10-11,16-17H,2-4,9,12H2,1H3,(H2,20,24). The van der Waals surface area contributed by atoms with Gasteiger partial charge in [0.15, 0.2) is 0 Å². The molecule has 1 aliphatic rings. The van der Waals surface area contributed by atoms with Crippen molar-refractivity contribution in [3.8, 4) is 0 Å². The zero-order valence-corrected chi connectivity index (χ0v) is 13.9. The molecule has 1 aliphatic heterocycles. The van der Waals surface area contributed by atoms with E-state index in [4.69, 9.17) is 5.73 Å². The topological polar surface area (TPSA) is 64.2 Å². The van der Waals surface area contributed by atoms with Crippen molar-refractivity contribution < 1.29 is 9.18 Å². The van der Waals surface area contributed by atoms with Gasteiger partial charge in [-0.25, -0.2) is 4.39 Å². The van der Waals surface area contributed by atoms with E-state index in [0.717, 1.165) is 43.5 Å². The molecule has 0 bridgehead atoms. The quantitative estimate of drug-likeness (QED) is 0.916. The third-order valence-electron chi connectivity index (χ3n) is 4.62. The normalized spacial score (nSPS) is 20.0. The molecule has 6 heteroatoms. The fourth-order valence-corrected chi connectivity index (χ4v) is 3.51. The van der Waals surface area contributed by atoms with Crippen LogP contribution in [0.5, 0.6) is 0 Å². The third kappa shape index (κ3) is 3.64. The second-order valence-corrected chi connectivity index (χ2v) is 6.48. The lowest BCUT2D eigenvalue weighted by Gasteiger charge is -2.40. The van der Waals surface area contributed by atoms with Crippen LogP contribution in [0.25, 0.3) is 0 Å². The number of aryl methyl sites for hydroxylation is 1. The number of likely N-dealkylation sites (tertiary alicyclic amines) is 1. The van der Waals surface area contributed by atoms with Crippen LogP contribution in [-0.2, 0) is 11.3 Å². The van der Waals surface area contributed by atoms with Crippen molar-refractivity contribution in [1.29, 1.82) is 0 Å². The van der Waals surface area contributed by atoms with Crippen LogP contribution in [0, 0.1) is 12.7 Å². The number of hydrogen-bond donors (Lipinski definition) is 1. The van der Waals surface area contributed by atoms with Crippen molar-refractivity contribution in [3.63, 3.8) is 0 Å². The summed E-state index contributed by atoms with van der Waals surface area (Å²) >= 11 is 0. The molecular weight excluding hydrogens is 307 g/mol. The predicted octanol–water partition coefficient (Wildman–Crippen LogP) is 2.41. The van der Waals surface area contributed by atoms with Crippen molar-refractivity contribution in [3.05, 3.63) is 53.6 Å². The van der Waals surface area contributed by atoms with Gasteiger partial charge >= 0.3 is 0 Å². The monoisotopic (exact) mass is 330 g/mol. The number of carbonyl (C=O) groups is 1. The van der Waals surface area contributed by atoms with Crippen LogP contribution < -0.4 is 5.73 Å². The van der Waals surface area contributed by atoms with Gasteiger partial charge in [-0.3, -0.25) is 14.4 Å². The maximum Gasteiger partial charge on any atom is 0.239 e. The molecule has 0 aliphatic carbocycles. The van der Waals surface area contributed by atoms with Gasteiger partial charge < -0.3 is 5.73 Å². The summed E-state index contributed by atoms with van der Waals surface area (Å²) in [5, 5.41) is 4.36. The average Bonchev–Trinajstić information content (AvgIpc) is 2.96. The number of carbonyl (C=O) groups excluding carboxylic acids is 1. The number of primary amides is 1. The molecule has 2 unspecified atom stereocenters. The summed E-state index contributed by atoms with van der Waals surface area (Å²) in [4.78, 5) is 14.3. The van der Waals surface area contributed by atoms with Crippen LogP contribution in [0.4, 0.5) is 4.39 Å². The summed E-state index contributed by atoms with van der Waals surface area (Å²) < 4.78 is 15.1. The molecule has 2 heterocycles. The minimum atomic E-state index is -0.535. The molecule has 2 atom stereocenters. The first-order valence-corrected chi connectivity index (χ1v) is 8.34. The van der Waals surface area contributed by atoms with Gasteiger partial charge in [0.2, 0.25) is 5.91 Å². The Bertz CT molecular complexity index is 697. The van der Waals surface area contributed by atoms with Crippen molar-refractivity contribution in [2.75, 3.05) is 6.54 Å². The van der Waals surface area contributed by atoms with Gasteiger partial charge in [0.05, 0.1) is 12.7 Å². The highest BCUT2D eigenvalue weighted by molar-refractivity contribution is 5.81. The molecule has 0 radical (unpaired) electrons. The number of nitrogens with two attached hydrogens (primary N) is 1. The molecule has 3 rings (SSSR count). The van der Waals surface area contributed by atoms with E-state index in [-0.39, 0.29) is 11.9 Å². The van der Waals surface area contributed by atoms with E-state index in [1.165, 1.54) is 12.1 Å². The molecule has 0 saturated carbocycles. The second-order valence-electron chi connectivity index (χ2n) is 6.48. The van der Waals surface area contributed by atoms with Gasteiger partial charge in [-0.15, -0.1) is 0 Å². The van der Waals surface area contributed by atoms with E-state index in [9.17, 15) is 9.18 Å². The number of aromatic nitrogens is 2. The van der Waals surface area contributed by atoms with Crippen molar-refractivity contribution >= 4 is 5.91 Å². The lowest BCUT2D eigenvalue weighted by molar-refractivity contribution is -0.125. The average molecular weight is 330 g/mol. The number of piperidine rings is 1. The highest BCUT2D eigenvalue weighted by atomic mass is 19.1. The summed E-state index contributed by atoms with van der Waals surface area (Å²) in [7, 11) is 0. The molecule has 128 valence electrons. The Kier molecular flexibility index (Phi) is 4.94. The molecule has 1 saturated heterocycles. The molecule has 0 spiro atoms. The van der Waals surface area contributed by atoms with Crippen LogP contribution in [-0.4, -0.2) is 33.2 Å². The highest BCUT2D eigenvalue weighted by Crippen LogP contribution is 2.29. The minimum Gasteiger partial charge on any atom is -0.368 e. The lowest BCUT2D eigenvalue weighted by Crippen LogP contribution is -2.48. The van der Waals surface area contributed by atoms with Gasteiger partial charge in [0.1, 0.15) is 11.9 Å². The maximum atomic E-state index is 13.2. The van der Waals surface area contributed by atoms with Gasteiger partial charge in [-0.2, -0.15) is 5.10 Å². The summed E-state index contributed by atoms with van der Waals surface area (Å²) in [6.45, 7) is 3.53. The van der Waals surface area contributed by atoms with E-state index in [1.807, 2.05) is 24.0 Å². The Labute approximate surface area is 141 Å². The first-order valence-electron chi connectivity index (χ1n) is 8.34. The van der Waals surface area contributed by atoms with Gasteiger partial charge in [0.25, 0.3) is 0 Å². The van der Waals surface area contributed by atoms with Crippen LogP contribution in [0.2, 0.25) is 0 Å². The maximum absolute atomic E-state index is 13.2. The van der Waals surface area contributed by atoms with E-state index < -0.39 is 11.9 Å². The van der Waals surface area contributed by atoms with Crippen molar-refractivity contribution in [2.45, 2.75) is 44.8 Å². The van der Waals surface area contributed by atoms with Crippen LogP contribution >= 0.6 is 0 Å². The smallest absolute Gasteiger partial charge is 0.239 e. The molecule has 24 heavy (non-hydrogen) atoms. The zero-order valence-electron chi connectivity index (χ0n) is 13.9. The van der Waals surface area contributed by atoms with Crippen molar-refractivity contribution in [2.24, 2.45) is 5.73 Å². The van der Waals surface area contributed by atoms with Gasteiger partial charge in [-0.05, 0) is 49.6 Å². The third-order valence-corrected chi connectivity index (χ3v) is 4.62. The Morgan fingerprint density at radius 2 is 2.12 bits per heavy atom. The fourth-order valence-electron chi connectivity index (χ4n) is 3.51. The van der Waals surface area contributed by atoms with E-state index >= 15 is 0 Å². The Morgan fingerprint density at radius 1 is 1.38 bits per heavy atom. The minimum absolute atomic E-state index is 0.181. The summed E-state index contributed by atoms with van der Waals surface area (Å²) in [5.74, 6) is -0.714. The number of benzene rings is 1. The van der Waals surface area contributed by atoms with Gasteiger partial charge in [-0.1, -0.05) is 18.6 Å². The fraction of sp³-hybridized carbons (Fsp3) is 0.444. The van der Waals surface area contributed by atoms with E-state index in [1.54, 1.807) is 12.1 Å². The molecule has 1 fully saturated rings. The zero-order chi connectivity index (χ0) is 17.1. The number of amides is 1. The van der Waals surface area contributed by atoms with E-state index in [0.29, 0.717) is 0 Å². The Balaban J connectivity index is 1.85. The summed E-state index contributed by atoms with van der Waals surface area (Å²) in [6.07, 6.45) is 6.97. The predicted molar refractivity (Wildman–Crippen MR) is 89.6 cm³/mol. The van der Waals surface area contributed by atoms with Crippen LogP contribution in [0.15, 0.2) is 36.7 Å². The first-order chi connectivity index (χ1) is 11.5. The molecule has 2 N–H and O–H groups in total. The number of rotatable bonds is 5. The summed E-state index contributed by atoms with van der Waals surface area (Å²) in [5.41, 5.74) is 7.56. The highest BCUT2D eigenvalue weighted by Gasteiger charge is 2.33. The first kappa shape index (κ1) is 16.6. The Hall–Kier alpha value is -2.21. The van der Waals surface area contributed by atoms with E-state index in [2.05, 4.69) is 10.00 Å². The number of halogens is 1. The second kappa shape index (κ2) is 7.13. The van der Waals surface area contributed by atoms with Crippen molar-refractivity contribution in [1.82, 2.24) is 14.7 Å². The SMILES string of the molecule is Cc1cnn(CC2CCCCN2C(C(N)=O)c2ccc(F)cc2)c1.